The van der Waals surface area contributed by atoms with Crippen LogP contribution >= 0.6 is 0 Å². The van der Waals surface area contributed by atoms with Gasteiger partial charge in [0.15, 0.2) is 17.3 Å². The first-order chi connectivity index (χ1) is 21.7. The number of hydrogen-bond donors (Lipinski definition) is 2. The maximum atomic E-state index is 13.8. The van der Waals surface area contributed by atoms with Gasteiger partial charge in [0.25, 0.3) is 0 Å². The van der Waals surface area contributed by atoms with Crippen molar-refractivity contribution in [2.45, 2.75) is 51.2 Å². The lowest BCUT2D eigenvalue weighted by molar-refractivity contribution is -0.0584. The second-order valence-electron chi connectivity index (χ2n) is 12.3. The molecule has 3 aromatic carbocycles. The highest BCUT2D eigenvalue weighted by Crippen LogP contribution is 2.36. The van der Waals surface area contributed by atoms with Gasteiger partial charge in [0.05, 0.1) is 25.9 Å². The molecule has 0 spiro atoms. The fourth-order valence-electron chi connectivity index (χ4n) is 6.90. The maximum absolute atomic E-state index is 13.8. The van der Waals surface area contributed by atoms with Crippen LogP contribution in [0, 0.1) is 29.4 Å². The van der Waals surface area contributed by atoms with E-state index < -0.39 is 18.1 Å². The van der Waals surface area contributed by atoms with Gasteiger partial charge in [-0.15, -0.1) is 0 Å². The molecule has 0 aliphatic carbocycles. The Balaban J connectivity index is 1.26. The number of carbonyl (C=O) groups excluding carboxylic acids is 1. The van der Waals surface area contributed by atoms with E-state index in [2.05, 4.69) is 9.80 Å². The van der Waals surface area contributed by atoms with Gasteiger partial charge in [-0.05, 0) is 105 Å². The minimum absolute atomic E-state index is 0.0220. The summed E-state index contributed by atoms with van der Waals surface area (Å²) >= 11 is 0. The monoisotopic (exact) mass is 622 g/mol. The average molecular weight is 623 g/mol. The van der Waals surface area contributed by atoms with Crippen LogP contribution in [0.15, 0.2) is 66.7 Å². The van der Waals surface area contributed by atoms with Crippen molar-refractivity contribution >= 4 is 17.2 Å². The number of halogens is 2. The van der Waals surface area contributed by atoms with Gasteiger partial charge in [-0.3, -0.25) is 4.79 Å². The summed E-state index contributed by atoms with van der Waals surface area (Å²) in [6, 6.07) is 18.2. The lowest BCUT2D eigenvalue weighted by atomic mass is 9.75. The van der Waals surface area contributed by atoms with Crippen LogP contribution in [0.25, 0.3) is 0 Å². The number of anilines is 2. The molecule has 0 bridgehead atoms. The minimum Gasteiger partial charge on any atom is -0.493 e. The number of methoxy groups -OCH3 is 1. The molecule has 0 saturated carbocycles. The van der Waals surface area contributed by atoms with Gasteiger partial charge in [-0.25, -0.2) is 8.78 Å². The summed E-state index contributed by atoms with van der Waals surface area (Å²) in [4.78, 5) is 16.1. The van der Waals surface area contributed by atoms with Gasteiger partial charge in [0, 0.05) is 49.0 Å². The molecule has 0 amide bonds. The van der Waals surface area contributed by atoms with E-state index in [0.29, 0.717) is 49.7 Å². The molecule has 2 heterocycles. The predicted octanol–water partition coefficient (Wildman–Crippen LogP) is 6.12. The molecule has 2 aliphatic rings. The van der Waals surface area contributed by atoms with Crippen LogP contribution in [0.3, 0.4) is 0 Å². The minimum atomic E-state index is -0.749. The molecule has 2 saturated heterocycles. The van der Waals surface area contributed by atoms with Crippen molar-refractivity contribution in [2.24, 2.45) is 17.8 Å². The van der Waals surface area contributed by atoms with Crippen LogP contribution in [-0.4, -0.2) is 68.1 Å². The highest BCUT2D eigenvalue weighted by atomic mass is 19.1. The number of ketones is 1. The second kappa shape index (κ2) is 15.1. The molecule has 242 valence electrons. The lowest BCUT2D eigenvalue weighted by Crippen LogP contribution is -2.47. The predicted molar refractivity (Wildman–Crippen MR) is 171 cm³/mol. The number of rotatable bonds is 12. The summed E-state index contributed by atoms with van der Waals surface area (Å²) in [5, 5.41) is 23.6. The maximum Gasteiger partial charge on any atom is 0.161 e. The summed E-state index contributed by atoms with van der Waals surface area (Å²) in [6.07, 6.45) is 1.82. The molecule has 0 radical (unpaired) electrons. The van der Waals surface area contributed by atoms with Crippen molar-refractivity contribution in [2.75, 3.05) is 49.7 Å². The number of carbonyl (C=O) groups is 1. The van der Waals surface area contributed by atoms with Crippen molar-refractivity contribution in [3.8, 4) is 11.5 Å². The number of nitrogens with zero attached hydrogens (tertiary/aromatic N) is 2. The molecule has 9 heteroatoms. The number of aliphatic hydroxyl groups is 2. The van der Waals surface area contributed by atoms with Crippen LogP contribution in [0.1, 0.15) is 49.4 Å². The Hall–Kier alpha value is -3.69. The molecule has 3 aromatic rings. The Bertz CT molecular complexity index is 1350. The largest absolute Gasteiger partial charge is 0.493 e. The molecule has 2 unspecified atom stereocenters. The number of aliphatic hydroxyl groups excluding tert-OH is 2. The van der Waals surface area contributed by atoms with Gasteiger partial charge in [-0.1, -0.05) is 12.1 Å². The SMILES string of the molecule is COc1cc(C(C)=O)ccc1OCCC(C(O)C1CCN(c2cccc(F)c2)CC1)C(O)C1CCN(c2cccc(F)c2)CC1. The van der Waals surface area contributed by atoms with Crippen LogP contribution in [0.4, 0.5) is 20.2 Å². The van der Waals surface area contributed by atoms with Gasteiger partial charge in [-0.2, -0.15) is 0 Å². The molecule has 5 rings (SSSR count). The third kappa shape index (κ3) is 8.13. The number of ether oxygens (including phenoxy) is 2. The van der Waals surface area contributed by atoms with Crippen molar-refractivity contribution < 1.29 is 33.3 Å². The molecular weight excluding hydrogens is 578 g/mol. The zero-order valence-electron chi connectivity index (χ0n) is 26.1. The normalized spacial score (nSPS) is 18.4. The smallest absolute Gasteiger partial charge is 0.161 e. The zero-order valence-corrected chi connectivity index (χ0v) is 26.1. The van der Waals surface area contributed by atoms with Crippen LogP contribution in [0.5, 0.6) is 11.5 Å². The van der Waals surface area contributed by atoms with Crippen molar-refractivity contribution in [3.05, 3.63) is 83.9 Å². The van der Waals surface area contributed by atoms with Crippen LogP contribution in [0.2, 0.25) is 0 Å². The molecule has 2 fully saturated rings. The Morgan fingerprint density at radius 1 is 0.800 bits per heavy atom. The molecule has 2 N–H and O–H groups in total. The molecular formula is C36H44F2N2O5. The highest BCUT2D eigenvalue weighted by molar-refractivity contribution is 5.94. The first-order valence-corrected chi connectivity index (χ1v) is 15.9. The first kappa shape index (κ1) is 32.7. The first-order valence-electron chi connectivity index (χ1n) is 15.9. The third-order valence-corrected chi connectivity index (χ3v) is 9.55. The summed E-state index contributed by atoms with van der Waals surface area (Å²) in [5.74, 6) is -0.131. The lowest BCUT2D eigenvalue weighted by Gasteiger charge is -2.42. The van der Waals surface area contributed by atoms with E-state index in [0.717, 1.165) is 37.1 Å². The van der Waals surface area contributed by atoms with Crippen molar-refractivity contribution in [1.82, 2.24) is 0 Å². The summed E-state index contributed by atoms with van der Waals surface area (Å²) < 4.78 is 39.2. The molecule has 2 aliphatic heterocycles. The molecule has 45 heavy (non-hydrogen) atoms. The summed E-state index contributed by atoms with van der Waals surface area (Å²) in [5.41, 5.74) is 2.20. The van der Waals surface area contributed by atoms with E-state index in [9.17, 15) is 23.8 Å². The van der Waals surface area contributed by atoms with E-state index in [1.807, 2.05) is 12.1 Å². The van der Waals surface area contributed by atoms with Gasteiger partial charge >= 0.3 is 0 Å². The standard InChI is InChI=1S/C36H44F2N2O5/c1-24(41)27-9-10-33(34(21-27)44-2)45-20-15-32(35(42)25-11-16-39(17-12-25)30-7-3-5-28(37)22-30)36(43)26-13-18-40(19-14-26)31-8-4-6-29(38)23-31/h3-10,21-23,25-26,32,35-36,42-43H,11-20H2,1-2H3. The Kier molecular flexibility index (Phi) is 10.9. The fourth-order valence-corrected chi connectivity index (χ4v) is 6.90. The molecule has 7 nitrogen and oxygen atoms in total. The van der Waals surface area contributed by atoms with Crippen molar-refractivity contribution in [1.29, 1.82) is 0 Å². The zero-order chi connectivity index (χ0) is 31.9. The van der Waals surface area contributed by atoms with Gasteiger partial charge < -0.3 is 29.5 Å². The number of benzene rings is 3. The second-order valence-corrected chi connectivity index (χ2v) is 12.3. The number of piperidine rings is 2. The van der Waals surface area contributed by atoms with E-state index in [1.165, 1.54) is 38.3 Å². The molecule has 2 atom stereocenters. The number of hydrogen-bond acceptors (Lipinski definition) is 7. The average Bonchev–Trinajstić information content (AvgIpc) is 3.06. The van der Waals surface area contributed by atoms with Gasteiger partial charge in [0.1, 0.15) is 11.6 Å². The Morgan fingerprint density at radius 3 is 1.76 bits per heavy atom. The summed E-state index contributed by atoms with van der Waals surface area (Å²) in [7, 11) is 1.52. The van der Waals surface area contributed by atoms with E-state index >= 15 is 0 Å². The van der Waals surface area contributed by atoms with E-state index in [4.69, 9.17) is 9.47 Å². The Labute approximate surface area is 264 Å². The van der Waals surface area contributed by atoms with E-state index in [-0.39, 0.29) is 35.9 Å². The Morgan fingerprint density at radius 2 is 1.31 bits per heavy atom. The highest BCUT2D eigenvalue weighted by Gasteiger charge is 2.39. The van der Waals surface area contributed by atoms with Crippen LogP contribution in [-0.2, 0) is 0 Å². The number of Topliss-reactive ketones (excluding diaryl/α,β-unsaturated/α-hetero) is 1. The summed E-state index contributed by atoms with van der Waals surface area (Å²) in [6.45, 7) is 4.51. The van der Waals surface area contributed by atoms with Crippen LogP contribution < -0.4 is 19.3 Å². The van der Waals surface area contributed by atoms with Gasteiger partial charge in [0.2, 0.25) is 0 Å². The van der Waals surface area contributed by atoms with Crippen molar-refractivity contribution in [3.63, 3.8) is 0 Å². The fraction of sp³-hybridized carbons (Fsp3) is 0.472. The topological polar surface area (TPSA) is 82.5 Å². The third-order valence-electron chi connectivity index (χ3n) is 9.55. The molecule has 0 aromatic heterocycles. The van der Waals surface area contributed by atoms with E-state index in [1.54, 1.807) is 30.3 Å². The quantitative estimate of drug-likeness (QED) is 0.236.